The zero-order valence-electron chi connectivity index (χ0n) is 4.83. The molecule has 0 aromatic heterocycles. The zero-order valence-corrected chi connectivity index (χ0v) is 14.5. The van der Waals surface area contributed by atoms with Crippen molar-refractivity contribution in [3.8, 4) is 0 Å². The van der Waals surface area contributed by atoms with Crippen LogP contribution in [0.3, 0.4) is 0 Å². The third-order valence-electron chi connectivity index (χ3n) is 0.957. The summed E-state index contributed by atoms with van der Waals surface area (Å²) in [6.07, 6.45) is 0. The molecule has 0 rings (SSSR count). The van der Waals surface area contributed by atoms with Gasteiger partial charge in [-0.15, -0.1) is 0 Å². The lowest BCUT2D eigenvalue weighted by Crippen LogP contribution is -2.18. The second-order valence-electron chi connectivity index (χ2n) is 1.71. The molecule has 0 aliphatic carbocycles. The summed E-state index contributed by atoms with van der Waals surface area (Å²) in [4.78, 5) is 0. The van der Waals surface area contributed by atoms with Crippen molar-refractivity contribution in [1.29, 1.82) is 0 Å². The molecule has 0 aromatic carbocycles. The Labute approximate surface area is 54.0 Å². The van der Waals surface area contributed by atoms with Crippen molar-refractivity contribution in [3.63, 3.8) is 0 Å². The van der Waals surface area contributed by atoms with Crippen LogP contribution < -0.4 is 0 Å². The van der Waals surface area contributed by atoms with Crippen LogP contribution in [0.25, 0.3) is 0 Å². The summed E-state index contributed by atoms with van der Waals surface area (Å²) in [5, 5.41) is 0. The molecule has 38 valence electrons. The van der Waals surface area contributed by atoms with E-state index in [2.05, 4.69) is 0 Å². The Kier molecular flexibility index (Phi) is 7.67. The van der Waals surface area contributed by atoms with Crippen molar-refractivity contribution < 1.29 is 0 Å². The van der Waals surface area contributed by atoms with Crippen LogP contribution in [0.15, 0.2) is 0 Å². The Bertz CT molecular complexity index is 12.0. The highest BCUT2D eigenvalue weighted by Crippen LogP contribution is 1.42. The maximum Gasteiger partial charge on any atom is -0.00939 e. The third kappa shape index (κ3) is 5.30. The molecule has 0 aromatic rings. The van der Waals surface area contributed by atoms with Gasteiger partial charge in [0.2, 0.25) is 0 Å². The van der Waals surface area contributed by atoms with Gasteiger partial charge in [0.1, 0.15) is 0 Å². The lowest BCUT2D eigenvalue weighted by atomic mass is 26.3. The fourth-order valence-electron chi connectivity index (χ4n) is 0.500. The minimum atomic E-state index is 0.799. The van der Waals surface area contributed by atoms with Gasteiger partial charge in [0.05, 0.1) is 0 Å². The molecule has 0 aliphatic rings. The van der Waals surface area contributed by atoms with E-state index in [4.69, 9.17) is 0 Å². The third-order valence-corrected chi connectivity index (χ3v) is 77.5. The summed E-state index contributed by atoms with van der Waals surface area (Å²) in [5.41, 5.74) is 0. The highest BCUT2D eigenvalue weighted by Gasteiger charge is 1.79. The first-order valence-corrected chi connectivity index (χ1v) is 26.2. The maximum absolute atomic E-state index is 1.68. The summed E-state index contributed by atoms with van der Waals surface area (Å²) in [7, 11) is 6.67. The van der Waals surface area contributed by atoms with E-state index in [1.807, 2.05) is 0 Å². The van der Waals surface area contributed by atoms with Crippen LogP contribution in [-0.2, 0) is 0 Å². The Balaban J connectivity index is 2.34. The molecule has 0 nitrogen and oxygen atoms in total. The molecule has 0 aliphatic heterocycles. The zero-order chi connectivity index (χ0) is 4.83. The topological polar surface area (TPSA) is 0 Å². The van der Waals surface area contributed by atoms with Crippen LogP contribution in [0.5, 0.6) is 0 Å². The Morgan fingerprint density at radius 3 is 1.33 bits per heavy atom. The number of hydrogen-bond acceptors (Lipinski definition) is 0. The first-order valence-electron chi connectivity index (χ1n) is 2.91. The fraction of sp³-hybridized carbons (Fsp3) is 0. The van der Waals surface area contributed by atoms with Crippen LogP contribution in [0.1, 0.15) is 0 Å². The van der Waals surface area contributed by atoms with Crippen molar-refractivity contribution in [2.24, 2.45) is 0 Å². The van der Waals surface area contributed by atoms with Crippen molar-refractivity contribution in [2.75, 3.05) is 0 Å². The fourth-order valence-corrected chi connectivity index (χ4v) is 121. The van der Waals surface area contributed by atoms with Crippen molar-refractivity contribution >= 4 is 53.7 Å². The largest absolute Gasteiger partial charge is 0.0120 e. The molecular weight excluding hydrogens is 169 g/mol. The van der Waals surface area contributed by atoms with Crippen LogP contribution in [0.2, 0.25) is 0 Å². The quantitative estimate of drug-likeness (QED) is 0.301. The molecule has 0 spiro atoms. The molecule has 0 saturated carbocycles. The monoisotopic (exact) mass is 182 g/mol. The van der Waals surface area contributed by atoms with Crippen LogP contribution in [-0.4, -0.2) is 53.7 Å². The van der Waals surface area contributed by atoms with Crippen LogP contribution in [0.4, 0.5) is 0 Å². The van der Waals surface area contributed by atoms with Gasteiger partial charge in [0.25, 0.3) is 0 Å². The summed E-state index contributed by atoms with van der Waals surface area (Å²) >= 11 is 0. The average molecular weight is 183 g/mol. The van der Waals surface area contributed by atoms with E-state index in [1.165, 1.54) is 0 Å². The molecule has 0 amide bonds. The highest BCUT2D eigenvalue weighted by molar-refractivity contribution is 7.56. The smallest absolute Gasteiger partial charge is 0.00939 e. The van der Waals surface area contributed by atoms with Gasteiger partial charge >= 0.3 is 0 Å². The van der Waals surface area contributed by atoms with Gasteiger partial charge < -0.3 is 0 Å². The van der Waals surface area contributed by atoms with Gasteiger partial charge in [-0.25, -0.2) is 0 Å². The second-order valence-corrected chi connectivity index (χ2v) is 46.1. The van der Waals surface area contributed by atoms with E-state index < -0.39 is 0 Å². The van der Waals surface area contributed by atoms with Crippen LogP contribution >= 0.6 is 0 Å². The van der Waals surface area contributed by atoms with E-state index in [0.29, 0.717) is 0 Å². The van der Waals surface area contributed by atoms with E-state index in [9.17, 15) is 0 Å². The molecule has 0 N–H and O–H groups in total. The minimum Gasteiger partial charge on any atom is -0.0120 e. The van der Waals surface area contributed by atoms with E-state index in [0.717, 1.165) is 34.2 Å². The Morgan fingerprint density at radius 1 is 0.833 bits per heavy atom. The maximum atomic E-state index is 1.68. The SMILES string of the molecule is [SiH3][SiH2][SiH2][SiH2][SiH2][SiH3]. The molecule has 0 unspecified atom stereocenters. The van der Waals surface area contributed by atoms with Crippen molar-refractivity contribution in [2.45, 2.75) is 0 Å². The lowest BCUT2D eigenvalue weighted by Gasteiger charge is -1.81. The molecule has 6 heavy (non-hydrogen) atoms. The van der Waals surface area contributed by atoms with Gasteiger partial charge in [-0.2, -0.15) is 0 Å². The van der Waals surface area contributed by atoms with Gasteiger partial charge in [0.15, 0.2) is 0 Å². The first-order chi connectivity index (χ1) is 2.91. The normalized spacial score (nSPS) is 18.0. The minimum absolute atomic E-state index is 0.799. The highest BCUT2D eigenvalue weighted by atomic mass is 29.9. The number of rotatable bonds is 3. The molecular formula is H14Si6. The molecule has 0 bridgehead atoms. The average Bonchev–Trinajstić information content (AvgIpc) is 1.61. The van der Waals surface area contributed by atoms with Crippen molar-refractivity contribution in [3.05, 3.63) is 0 Å². The number of hydrogen-bond donors (Lipinski definition) is 0. The predicted molar refractivity (Wildman–Crippen MR) is 54.1 cm³/mol. The van der Waals surface area contributed by atoms with E-state index in [1.54, 1.807) is 19.5 Å². The van der Waals surface area contributed by atoms with Gasteiger partial charge in [0, 0.05) is 0 Å². The summed E-state index contributed by atoms with van der Waals surface area (Å²) in [6.45, 7) is 0. The summed E-state index contributed by atoms with van der Waals surface area (Å²) in [5.74, 6) is 0. The molecule has 0 radical (unpaired) electrons. The first kappa shape index (κ1) is 7.30. The lowest BCUT2D eigenvalue weighted by molar-refractivity contribution is 3.95. The standard InChI is InChI=1S/H14Si6/c1-3-5-6-4-2/h3-6H2,1-2H3. The Morgan fingerprint density at radius 2 is 1.17 bits per heavy atom. The van der Waals surface area contributed by atoms with Crippen molar-refractivity contribution in [1.82, 2.24) is 0 Å². The molecule has 0 heterocycles. The summed E-state index contributed by atoms with van der Waals surface area (Å²) in [6, 6.07) is 0. The predicted octanol–water partition coefficient (Wildman–Crippen LogP) is -6.03. The molecule has 0 fully saturated rings. The van der Waals surface area contributed by atoms with Gasteiger partial charge in [-0.1, -0.05) is 0 Å². The molecule has 0 atom stereocenters. The van der Waals surface area contributed by atoms with E-state index in [-0.39, 0.29) is 0 Å². The Hall–Kier alpha value is 1.30. The van der Waals surface area contributed by atoms with Crippen LogP contribution in [0, 0.1) is 0 Å². The van der Waals surface area contributed by atoms with Gasteiger partial charge in [-0.3, -0.25) is 0 Å². The molecule has 0 saturated heterocycles. The summed E-state index contributed by atoms with van der Waals surface area (Å²) < 4.78 is 0. The van der Waals surface area contributed by atoms with Gasteiger partial charge in [-0.05, 0) is 53.7 Å². The second kappa shape index (κ2) is 6.30. The molecule has 6 heteroatoms. The van der Waals surface area contributed by atoms with E-state index >= 15 is 0 Å².